The number of fused-ring (bicyclic) bond motifs is 1. The molecule has 1 atom stereocenters. The zero-order valence-electron chi connectivity index (χ0n) is 23.3. The predicted octanol–water partition coefficient (Wildman–Crippen LogP) is 5.60. The Morgan fingerprint density at radius 1 is 0.975 bits per heavy atom. The minimum atomic E-state index is -1.13. The molecule has 0 fully saturated rings. The van der Waals surface area contributed by atoms with E-state index in [1.807, 2.05) is 53.7 Å². The lowest BCUT2D eigenvalue weighted by molar-refractivity contribution is 0.0697. The molecule has 206 valence electrons. The molecular formula is C31H31N3O6. The number of benzene rings is 2. The molecule has 9 nitrogen and oxygen atoms in total. The van der Waals surface area contributed by atoms with Gasteiger partial charge in [-0.15, -0.1) is 0 Å². The van der Waals surface area contributed by atoms with Crippen LogP contribution in [-0.4, -0.2) is 17.0 Å². The lowest BCUT2D eigenvalue weighted by Crippen LogP contribution is -2.39. The Morgan fingerprint density at radius 3 is 2.27 bits per heavy atom. The van der Waals surface area contributed by atoms with Crippen LogP contribution in [0.15, 0.2) is 56.5 Å². The first-order valence-corrected chi connectivity index (χ1v) is 13.0. The van der Waals surface area contributed by atoms with Crippen molar-refractivity contribution in [2.45, 2.75) is 54.1 Å². The number of amides is 1. The Balaban J connectivity index is 1.51. The van der Waals surface area contributed by atoms with E-state index in [4.69, 9.17) is 4.42 Å². The van der Waals surface area contributed by atoms with Crippen molar-refractivity contribution < 1.29 is 19.1 Å². The topological polar surface area (TPSA) is 129 Å². The van der Waals surface area contributed by atoms with E-state index in [0.717, 1.165) is 22.5 Å². The number of carboxylic acids is 1. The highest BCUT2D eigenvalue weighted by atomic mass is 16.4. The second kappa shape index (κ2) is 9.51. The standard InChI is InChI=1S/C31H31N3O6/c1-15-11-12-20(23-19(15)14-34(29(23)37)21-10-8-7-9-18(21)30(38)39)32-24-25(27(36)26(24)35)33-28(31(4,5)6)22-13-16(2)17(3)40-22/h7-13,28,32-33H,14H2,1-6H3,(H,38,39)/t28-/m0/s1. The molecule has 1 aliphatic rings. The Kier molecular flexibility index (Phi) is 6.40. The number of carboxylic acid groups (broad SMARTS) is 1. The van der Waals surface area contributed by atoms with Gasteiger partial charge in [0.05, 0.1) is 35.1 Å². The summed E-state index contributed by atoms with van der Waals surface area (Å²) in [6, 6.07) is 11.4. The molecule has 0 saturated carbocycles. The molecule has 1 amide bonds. The summed E-state index contributed by atoms with van der Waals surface area (Å²) < 4.78 is 5.96. The number of rotatable bonds is 7. The van der Waals surface area contributed by atoms with E-state index in [1.165, 1.54) is 11.0 Å². The van der Waals surface area contributed by atoms with Crippen LogP contribution in [0.3, 0.4) is 0 Å². The molecule has 0 unspecified atom stereocenters. The van der Waals surface area contributed by atoms with E-state index in [2.05, 4.69) is 10.6 Å². The number of nitrogens with zero attached hydrogens (tertiary/aromatic N) is 1. The van der Waals surface area contributed by atoms with Gasteiger partial charge in [0.2, 0.25) is 0 Å². The first-order valence-electron chi connectivity index (χ1n) is 13.0. The fraction of sp³-hybridized carbons (Fsp3) is 0.290. The van der Waals surface area contributed by atoms with Crippen LogP contribution in [0, 0.1) is 26.2 Å². The molecule has 1 aromatic heterocycles. The molecule has 0 bridgehead atoms. The van der Waals surface area contributed by atoms with Crippen LogP contribution in [0.4, 0.5) is 22.7 Å². The molecular weight excluding hydrogens is 510 g/mol. The van der Waals surface area contributed by atoms with Gasteiger partial charge in [0.15, 0.2) is 0 Å². The number of nitrogens with one attached hydrogen (secondary N) is 2. The molecule has 0 radical (unpaired) electrons. The number of carbonyl (C=O) groups excluding carboxylic acids is 1. The zero-order valence-corrected chi connectivity index (χ0v) is 23.3. The summed E-state index contributed by atoms with van der Waals surface area (Å²) in [6.45, 7) is 11.9. The highest BCUT2D eigenvalue weighted by Gasteiger charge is 2.36. The van der Waals surface area contributed by atoms with Crippen LogP contribution >= 0.6 is 0 Å². The molecule has 1 aliphatic heterocycles. The highest BCUT2D eigenvalue weighted by molar-refractivity contribution is 6.16. The van der Waals surface area contributed by atoms with Gasteiger partial charge in [0.25, 0.3) is 16.8 Å². The van der Waals surface area contributed by atoms with Gasteiger partial charge in [-0.05, 0) is 67.1 Å². The van der Waals surface area contributed by atoms with Gasteiger partial charge < -0.3 is 25.1 Å². The van der Waals surface area contributed by atoms with Gasteiger partial charge in [0, 0.05) is 0 Å². The highest BCUT2D eigenvalue weighted by Crippen LogP contribution is 2.40. The van der Waals surface area contributed by atoms with Gasteiger partial charge in [-0.2, -0.15) is 0 Å². The van der Waals surface area contributed by atoms with Crippen LogP contribution in [-0.2, 0) is 6.54 Å². The minimum Gasteiger partial charge on any atom is -0.478 e. The van der Waals surface area contributed by atoms with Crippen molar-refractivity contribution >= 4 is 34.6 Å². The maximum Gasteiger partial charge on any atom is 0.337 e. The number of aromatic carboxylic acids is 1. The first kappa shape index (κ1) is 26.9. The molecule has 3 aromatic carbocycles. The summed E-state index contributed by atoms with van der Waals surface area (Å²) in [5, 5.41) is 16.0. The molecule has 4 aromatic rings. The monoisotopic (exact) mass is 541 g/mol. The molecule has 3 N–H and O–H groups in total. The van der Waals surface area contributed by atoms with Crippen molar-refractivity contribution in [3.63, 3.8) is 0 Å². The fourth-order valence-electron chi connectivity index (χ4n) is 5.14. The second-order valence-corrected chi connectivity index (χ2v) is 11.4. The van der Waals surface area contributed by atoms with Crippen molar-refractivity contribution in [3.05, 3.63) is 102 Å². The Morgan fingerprint density at radius 2 is 1.65 bits per heavy atom. The van der Waals surface area contributed by atoms with Crippen molar-refractivity contribution in [1.29, 1.82) is 0 Å². The number of hydrogen-bond donors (Lipinski definition) is 3. The lowest BCUT2D eigenvalue weighted by atomic mass is 9.84. The van der Waals surface area contributed by atoms with E-state index in [1.54, 1.807) is 24.3 Å². The SMILES string of the molecule is Cc1cc([C@H](Nc2c(Nc3ccc(C)c4c3C(=O)N(c3ccccc3C(=O)O)C4)c(=O)c2=O)C(C)(C)C)oc1C. The second-order valence-electron chi connectivity index (χ2n) is 11.4. The summed E-state index contributed by atoms with van der Waals surface area (Å²) in [4.78, 5) is 52.4. The van der Waals surface area contributed by atoms with Gasteiger partial charge in [0.1, 0.15) is 22.9 Å². The normalized spacial score (nSPS) is 13.9. The van der Waals surface area contributed by atoms with Crippen LogP contribution in [0.1, 0.15) is 75.7 Å². The summed E-state index contributed by atoms with van der Waals surface area (Å²) in [5.74, 6) is -0.0979. The number of hydrogen-bond acceptors (Lipinski definition) is 7. The number of para-hydroxylation sites is 1. The van der Waals surface area contributed by atoms with Crippen molar-refractivity contribution in [2.75, 3.05) is 15.5 Å². The Hall–Kier alpha value is -4.66. The minimum absolute atomic E-state index is 0.0152. The van der Waals surface area contributed by atoms with Gasteiger partial charge >= 0.3 is 5.97 Å². The summed E-state index contributed by atoms with van der Waals surface area (Å²) in [6.07, 6.45) is 0. The van der Waals surface area contributed by atoms with Crippen LogP contribution < -0.4 is 26.4 Å². The van der Waals surface area contributed by atoms with Crippen molar-refractivity contribution in [2.24, 2.45) is 5.41 Å². The predicted molar refractivity (Wildman–Crippen MR) is 154 cm³/mol. The molecule has 40 heavy (non-hydrogen) atoms. The Labute approximate surface area is 231 Å². The molecule has 0 spiro atoms. The average molecular weight is 542 g/mol. The van der Waals surface area contributed by atoms with E-state index in [0.29, 0.717) is 17.0 Å². The number of anilines is 4. The van der Waals surface area contributed by atoms with Crippen LogP contribution in [0.5, 0.6) is 0 Å². The number of furan rings is 1. The molecule has 5 rings (SSSR count). The maximum absolute atomic E-state index is 13.7. The molecule has 2 heterocycles. The summed E-state index contributed by atoms with van der Waals surface area (Å²) in [5.41, 5.74) is 2.06. The Bertz CT molecular complexity index is 1730. The third-order valence-corrected chi connectivity index (χ3v) is 7.54. The van der Waals surface area contributed by atoms with Crippen LogP contribution in [0.25, 0.3) is 0 Å². The van der Waals surface area contributed by atoms with Gasteiger partial charge in [-0.3, -0.25) is 14.4 Å². The molecule has 0 aliphatic carbocycles. The molecule has 9 heteroatoms. The third-order valence-electron chi connectivity index (χ3n) is 7.54. The number of aryl methyl sites for hydroxylation is 3. The van der Waals surface area contributed by atoms with Crippen molar-refractivity contribution in [3.8, 4) is 0 Å². The maximum atomic E-state index is 13.7. The number of carbonyl (C=O) groups is 2. The summed E-state index contributed by atoms with van der Waals surface area (Å²) >= 11 is 0. The zero-order chi connectivity index (χ0) is 29.1. The van der Waals surface area contributed by atoms with E-state index < -0.39 is 28.8 Å². The fourth-order valence-corrected chi connectivity index (χ4v) is 5.14. The van der Waals surface area contributed by atoms with E-state index in [9.17, 15) is 24.3 Å². The lowest BCUT2D eigenvalue weighted by Gasteiger charge is -2.31. The first-order chi connectivity index (χ1) is 18.8. The van der Waals surface area contributed by atoms with Crippen LogP contribution in [0.2, 0.25) is 0 Å². The largest absolute Gasteiger partial charge is 0.478 e. The van der Waals surface area contributed by atoms with Gasteiger partial charge in [-0.1, -0.05) is 39.0 Å². The smallest absolute Gasteiger partial charge is 0.337 e. The third kappa shape index (κ3) is 4.37. The van der Waals surface area contributed by atoms with Gasteiger partial charge in [-0.25, -0.2) is 4.79 Å². The van der Waals surface area contributed by atoms with E-state index in [-0.39, 0.29) is 34.6 Å². The average Bonchev–Trinajstić information content (AvgIpc) is 3.42. The summed E-state index contributed by atoms with van der Waals surface area (Å²) in [7, 11) is 0. The quantitative estimate of drug-likeness (QED) is 0.258. The molecule has 0 saturated heterocycles. The van der Waals surface area contributed by atoms with E-state index >= 15 is 0 Å². The van der Waals surface area contributed by atoms with Crippen molar-refractivity contribution in [1.82, 2.24) is 0 Å².